The number of nitrogens with one attached hydrogen (secondary N) is 2. The monoisotopic (exact) mass is 527 g/mol. The normalized spacial score (nSPS) is 10.7. The van der Waals surface area contributed by atoms with Gasteiger partial charge in [0.2, 0.25) is 0 Å². The third-order valence-electron chi connectivity index (χ3n) is 4.65. The molecular weight excluding hydrogens is 508 g/mol. The second kappa shape index (κ2) is 9.25. The van der Waals surface area contributed by atoms with Crippen molar-refractivity contribution in [2.45, 2.75) is 13.5 Å². The summed E-state index contributed by atoms with van der Waals surface area (Å²) in [5, 5.41) is 10.00. The summed E-state index contributed by atoms with van der Waals surface area (Å²) in [4.78, 5) is 16.5. The first-order chi connectivity index (χ1) is 15.0. The zero-order valence-electron chi connectivity index (χ0n) is 16.6. The Balaban J connectivity index is 1.59. The molecule has 0 saturated heterocycles. The van der Waals surface area contributed by atoms with E-state index in [1.54, 1.807) is 24.5 Å². The first-order valence-electron chi connectivity index (χ1n) is 9.65. The number of aryl methyl sites for hydroxylation is 1. The van der Waals surface area contributed by atoms with E-state index >= 15 is 0 Å². The number of pyridine rings is 1. The van der Waals surface area contributed by atoms with Gasteiger partial charge in [0.1, 0.15) is 11.5 Å². The van der Waals surface area contributed by atoms with Crippen molar-refractivity contribution in [1.29, 1.82) is 0 Å². The highest BCUT2D eigenvalue weighted by atomic mass is 127. The van der Waals surface area contributed by atoms with Gasteiger partial charge in [0.15, 0.2) is 0 Å². The molecule has 156 valence electrons. The van der Waals surface area contributed by atoms with Crippen molar-refractivity contribution in [1.82, 2.24) is 14.8 Å². The van der Waals surface area contributed by atoms with Crippen molar-refractivity contribution in [2.24, 2.45) is 0 Å². The first kappa shape index (κ1) is 21.0. The lowest BCUT2D eigenvalue weighted by molar-refractivity contribution is 0.262. The van der Waals surface area contributed by atoms with E-state index in [9.17, 15) is 9.18 Å². The Morgan fingerprint density at radius 1 is 1.06 bits per heavy atom. The molecule has 0 spiro atoms. The number of aromatic nitrogens is 3. The number of hydrogen-bond donors (Lipinski definition) is 2. The highest BCUT2D eigenvalue weighted by Gasteiger charge is 2.14. The molecular formula is C23H19FIN5O. The summed E-state index contributed by atoms with van der Waals surface area (Å²) in [5.74, 6) is -0.482. The Morgan fingerprint density at radius 3 is 2.61 bits per heavy atom. The van der Waals surface area contributed by atoms with E-state index in [1.807, 2.05) is 70.7 Å². The molecule has 0 bridgehead atoms. The minimum atomic E-state index is -0.518. The maximum atomic E-state index is 14.0. The van der Waals surface area contributed by atoms with Gasteiger partial charge in [-0.1, -0.05) is 12.1 Å². The molecule has 4 aromatic rings. The molecule has 2 aromatic heterocycles. The fourth-order valence-corrected chi connectivity index (χ4v) is 3.61. The number of halogens is 2. The fourth-order valence-electron chi connectivity index (χ4n) is 3.16. The fraction of sp³-hybridized carbons (Fsp3) is 0.0870. The van der Waals surface area contributed by atoms with Gasteiger partial charge in [-0.2, -0.15) is 5.10 Å². The third kappa shape index (κ3) is 4.91. The summed E-state index contributed by atoms with van der Waals surface area (Å²) in [6.07, 6.45) is 5.45. The predicted octanol–water partition coefficient (Wildman–Crippen LogP) is 6.02. The number of rotatable bonds is 5. The zero-order chi connectivity index (χ0) is 21.8. The van der Waals surface area contributed by atoms with E-state index in [1.165, 1.54) is 12.1 Å². The number of carbonyl (C=O) groups excluding carboxylic acids is 1. The molecule has 6 nitrogen and oxygen atoms in total. The molecule has 0 aliphatic rings. The Labute approximate surface area is 192 Å². The molecule has 0 unspecified atom stereocenters. The average Bonchev–Trinajstić information content (AvgIpc) is 3.21. The Hall–Kier alpha value is -3.27. The molecule has 2 aromatic carbocycles. The van der Waals surface area contributed by atoms with Crippen molar-refractivity contribution >= 4 is 40.0 Å². The van der Waals surface area contributed by atoms with Crippen LogP contribution < -0.4 is 10.6 Å². The van der Waals surface area contributed by atoms with Crippen molar-refractivity contribution in [3.63, 3.8) is 0 Å². The smallest absolute Gasteiger partial charge is 0.308 e. The van der Waals surface area contributed by atoms with Crippen LogP contribution in [0.5, 0.6) is 0 Å². The Morgan fingerprint density at radius 2 is 1.87 bits per heavy atom. The highest BCUT2D eigenvalue weighted by Crippen LogP contribution is 2.32. The second-order valence-electron chi connectivity index (χ2n) is 6.77. The van der Waals surface area contributed by atoms with Gasteiger partial charge in [-0.3, -0.25) is 9.67 Å². The number of nitrogens with zero attached hydrogens (tertiary/aromatic N) is 3. The van der Waals surface area contributed by atoms with Crippen LogP contribution in [0.15, 0.2) is 73.2 Å². The molecule has 8 heteroatoms. The Kier molecular flexibility index (Phi) is 6.26. The molecule has 2 heterocycles. The summed E-state index contributed by atoms with van der Waals surface area (Å²) >= 11 is 2.02. The predicted molar refractivity (Wildman–Crippen MR) is 128 cm³/mol. The lowest BCUT2D eigenvalue weighted by atomic mass is 10.0. The standard InChI is InChI=1S/C23H19FIN5O/c1-2-30-14-19(22(29-30)15-8-10-26-11-9-15)16-4-3-5-18(12-16)27-23(31)28-21-7-6-17(25)13-20(21)24/h3-14H,2H2,1H3,(H2,27,28,31). The number of anilines is 2. The topological polar surface area (TPSA) is 71.8 Å². The summed E-state index contributed by atoms with van der Waals surface area (Å²) in [5.41, 5.74) is 4.36. The zero-order valence-corrected chi connectivity index (χ0v) is 18.8. The lowest BCUT2D eigenvalue weighted by Gasteiger charge is -2.10. The summed E-state index contributed by atoms with van der Waals surface area (Å²) < 4.78 is 16.6. The van der Waals surface area contributed by atoms with Crippen molar-refractivity contribution in [3.8, 4) is 22.4 Å². The van der Waals surface area contributed by atoms with E-state index in [0.717, 1.165) is 32.5 Å². The number of benzene rings is 2. The molecule has 4 rings (SSSR count). The van der Waals surface area contributed by atoms with Gasteiger partial charge in [-0.15, -0.1) is 0 Å². The Bertz CT molecular complexity index is 1230. The van der Waals surface area contributed by atoms with E-state index in [-0.39, 0.29) is 5.69 Å². The molecule has 0 fully saturated rings. The minimum Gasteiger partial charge on any atom is -0.308 e. The highest BCUT2D eigenvalue weighted by molar-refractivity contribution is 14.1. The van der Waals surface area contributed by atoms with Crippen molar-refractivity contribution in [3.05, 3.63) is 82.6 Å². The van der Waals surface area contributed by atoms with E-state index in [4.69, 9.17) is 0 Å². The third-order valence-corrected chi connectivity index (χ3v) is 5.32. The van der Waals surface area contributed by atoms with Crippen LogP contribution >= 0.6 is 22.6 Å². The first-order valence-corrected chi connectivity index (χ1v) is 10.7. The van der Waals surface area contributed by atoms with E-state index in [2.05, 4.69) is 20.7 Å². The van der Waals surface area contributed by atoms with Crippen LogP contribution in [-0.4, -0.2) is 20.8 Å². The van der Waals surface area contributed by atoms with Gasteiger partial charge in [0.05, 0.1) is 5.69 Å². The summed E-state index contributed by atoms with van der Waals surface area (Å²) in [6, 6.07) is 15.4. The average molecular weight is 527 g/mol. The van der Waals surface area contributed by atoms with Gasteiger partial charge < -0.3 is 10.6 Å². The van der Waals surface area contributed by atoms with Crippen LogP contribution in [0, 0.1) is 9.39 Å². The maximum absolute atomic E-state index is 14.0. The van der Waals surface area contributed by atoms with E-state index < -0.39 is 11.8 Å². The molecule has 0 atom stereocenters. The number of carbonyl (C=O) groups is 1. The number of hydrogen-bond acceptors (Lipinski definition) is 3. The largest absolute Gasteiger partial charge is 0.323 e. The van der Waals surface area contributed by atoms with Crippen LogP contribution in [-0.2, 0) is 6.54 Å². The molecule has 0 saturated carbocycles. The lowest BCUT2D eigenvalue weighted by Crippen LogP contribution is -2.20. The molecule has 0 radical (unpaired) electrons. The van der Waals surface area contributed by atoms with Gasteiger partial charge in [0, 0.05) is 45.5 Å². The van der Waals surface area contributed by atoms with Crippen LogP contribution in [0.2, 0.25) is 0 Å². The van der Waals surface area contributed by atoms with Crippen molar-refractivity contribution < 1.29 is 9.18 Å². The molecule has 31 heavy (non-hydrogen) atoms. The molecule has 2 amide bonds. The van der Waals surface area contributed by atoms with Crippen LogP contribution in [0.4, 0.5) is 20.6 Å². The van der Waals surface area contributed by atoms with E-state index in [0.29, 0.717) is 5.69 Å². The summed E-state index contributed by atoms with van der Waals surface area (Å²) in [7, 11) is 0. The summed E-state index contributed by atoms with van der Waals surface area (Å²) in [6.45, 7) is 2.76. The second-order valence-corrected chi connectivity index (χ2v) is 8.01. The van der Waals surface area contributed by atoms with Gasteiger partial charge in [-0.25, -0.2) is 9.18 Å². The maximum Gasteiger partial charge on any atom is 0.323 e. The van der Waals surface area contributed by atoms with Crippen LogP contribution in [0.1, 0.15) is 6.92 Å². The SMILES string of the molecule is CCn1cc(-c2cccc(NC(=O)Nc3ccc(I)cc3F)c2)c(-c2ccncc2)n1. The van der Waals surface area contributed by atoms with Gasteiger partial charge in [-0.05, 0) is 77.5 Å². The van der Waals surface area contributed by atoms with Crippen LogP contribution in [0.25, 0.3) is 22.4 Å². The molecule has 0 aliphatic carbocycles. The number of urea groups is 1. The van der Waals surface area contributed by atoms with Crippen molar-refractivity contribution in [2.75, 3.05) is 10.6 Å². The quantitative estimate of drug-likeness (QED) is 0.312. The van der Waals surface area contributed by atoms with Gasteiger partial charge >= 0.3 is 6.03 Å². The van der Waals surface area contributed by atoms with Crippen LogP contribution in [0.3, 0.4) is 0 Å². The molecule has 0 aliphatic heterocycles. The van der Waals surface area contributed by atoms with Gasteiger partial charge in [0.25, 0.3) is 0 Å². The number of amides is 2. The minimum absolute atomic E-state index is 0.123. The molecule has 2 N–H and O–H groups in total.